The highest BCUT2D eigenvalue weighted by atomic mass is 35.5. The highest BCUT2D eigenvalue weighted by Crippen LogP contribution is 2.27. The van der Waals surface area contributed by atoms with Gasteiger partial charge in [-0.1, -0.05) is 30.3 Å². The van der Waals surface area contributed by atoms with Crippen LogP contribution in [0.3, 0.4) is 0 Å². The van der Waals surface area contributed by atoms with Gasteiger partial charge in [-0.25, -0.2) is 0 Å². The number of nitrogens with zero attached hydrogens (tertiary/aromatic N) is 4. The fourth-order valence-corrected chi connectivity index (χ4v) is 3.69. The Balaban J connectivity index is 0.00000182. The van der Waals surface area contributed by atoms with Crippen LogP contribution in [0.15, 0.2) is 30.3 Å². The molecule has 3 heterocycles. The maximum Gasteiger partial charge on any atom is 0.246 e. The van der Waals surface area contributed by atoms with E-state index in [1.807, 2.05) is 37.3 Å². The van der Waals surface area contributed by atoms with E-state index in [9.17, 15) is 4.79 Å². The summed E-state index contributed by atoms with van der Waals surface area (Å²) in [7, 11) is 0. The van der Waals surface area contributed by atoms with Crippen LogP contribution in [0.1, 0.15) is 38.6 Å². The van der Waals surface area contributed by atoms with Crippen LogP contribution < -0.4 is 10.6 Å². The molecule has 0 radical (unpaired) electrons. The van der Waals surface area contributed by atoms with Crippen LogP contribution in [0.25, 0.3) is 11.4 Å². The summed E-state index contributed by atoms with van der Waals surface area (Å²) >= 11 is 0. The number of aromatic nitrogens is 4. The Morgan fingerprint density at radius 2 is 1.92 bits per heavy atom. The fourth-order valence-electron chi connectivity index (χ4n) is 3.69. The van der Waals surface area contributed by atoms with Gasteiger partial charge in [-0.05, 0) is 37.8 Å². The summed E-state index contributed by atoms with van der Waals surface area (Å²) in [6.07, 6.45) is 4.46. The van der Waals surface area contributed by atoms with E-state index in [4.69, 9.17) is 0 Å². The quantitative estimate of drug-likeness (QED) is 0.865. The molecule has 0 spiro atoms. The molecule has 3 atom stereocenters. The number of carbonyl (C=O) groups is 1. The molecule has 2 saturated heterocycles. The van der Waals surface area contributed by atoms with Gasteiger partial charge in [0.1, 0.15) is 6.04 Å². The van der Waals surface area contributed by atoms with Crippen molar-refractivity contribution >= 4 is 18.3 Å². The summed E-state index contributed by atoms with van der Waals surface area (Å²) < 4.78 is 0. The molecule has 4 rings (SSSR count). The second kappa shape index (κ2) is 7.49. The summed E-state index contributed by atoms with van der Waals surface area (Å²) in [6.45, 7) is 1.81. The number of hydrogen-bond donors (Lipinski definition) is 2. The Labute approximate surface area is 153 Å². The van der Waals surface area contributed by atoms with Crippen molar-refractivity contribution in [3.05, 3.63) is 30.3 Å². The van der Waals surface area contributed by atoms with Crippen molar-refractivity contribution < 1.29 is 4.79 Å². The topological polar surface area (TPSA) is 84.7 Å². The van der Waals surface area contributed by atoms with E-state index in [1.54, 1.807) is 0 Å². The number of rotatable bonds is 4. The van der Waals surface area contributed by atoms with Crippen LogP contribution in [0, 0.1) is 0 Å². The standard InChI is InChI=1S/C17H22N6O.ClH/c1-11(17(24)19-15-9-13-7-8-14(10-15)18-13)23-21-16(20-22-23)12-5-3-2-4-6-12;/h2-6,11,13-15,18H,7-10H2,1H3,(H,19,24);1H. The van der Waals surface area contributed by atoms with Gasteiger partial charge in [0.25, 0.3) is 0 Å². The number of benzene rings is 1. The van der Waals surface area contributed by atoms with E-state index < -0.39 is 6.04 Å². The highest BCUT2D eigenvalue weighted by Gasteiger charge is 2.34. The molecular formula is C17H23ClN6O. The Hall–Kier alpha value is -1.99. The van der Waals surface area contributed by atoms with Crippen LogP contribution >= 0.6 is 12.4 Å². The molecule has 8 heteroatoms. The summed E-state index contributed by atoms with van der Waals surface area (Å²) in [5.41, 5.74) is 0.895. The summed E-state index contributed by atoms with van der Waals surface area (Å²) in [5, 5.41) is 19.2. The minimum Gasteiger partial charge on any atom is -0.351 e. The Bertz CT molecular complexity index is 709. The number of amides is 1. The largest absolute Gasteiger partial charge is 0.351 e. The molecule has 2 bridgehead atoms. The van der Waals surface area contributed by atoms with Crippen LogP contribution in [0.4, 0.5) is 0 Å². The zero-order valence-electron chi connectivity index (χ0n) is 14.1. The van der Waals surface area contributed by atoms with Crippen LogP contribution in [0.2, 0.25) is 0 Å². The first kappa shape index (κ1) is 17.8. The maximum absolute atomic E-state index is 12.5. The number of piperidine rings is 1. The zero-order valence-corrected chi connectivity index (χ0v) is 14.9. The minimum atomic E-state index is -0.470. The smallest absolute Gasteiger partial charge is 0.246 e. The van der Waals surface area contributed by atoms with Gasteiger partial charge in [-0.3, -0.25) is 4.79 Å². The Morgan fingerprint density at radius 1 is 1.24 bits per heavy atom. The van der Waals surface area contributed by atoms with E-state index in [0.29, 0.717) is 17.9 Å². The van der Waals surface area contributed by atoms with Crippen molar-refractivity contribution in [3.8, 4) is 11.4 Å². The molecule has 0 aliphatic carbocycles. The molecule has 2 aromatic rings. The number of fused-ring (bicyclic) bond motifs is 2. The molecule has 25 heavy (non-hydrogen) atoms. The molecule has 2 N–H and O–H groups in total. The third-order valence-electron chi connectivity index (χ3n) is 5.01. The molecule has 1 aromatic carbocycles. The highest BCUT2D eigenvalue weighted by molar-refractivity contribution is 5.85. The molecular weight excluding hydrogens is 340 g/mol. The van der Waals surface area contributed by atoms with Crippen molar-refractivity contribution in [2.24, 2.45) is 0 Å². The Kier molecular flexibility index (Phi) is 5.34. The minimum absolute atomic E-state index is 0. The molecule has 1 aromatic heterocycles. The SMILES string of the molecule is CC(C(=O)NC1CC2CCC(C1)N2)n1nnc(-c2ccccc2)n1.Cl. The number of carbonyl (C=O) groups excluding carboxylic acids is 1. The lowest BCUT2D eigenvalue weighted by Crippen LogP contribution is -2.49. The Morgan fingerprint density at radius 3 is 2.60 bits per heavy atom. The van der Waals surface area contributed by atoms with Crippen LogP contribution in [0.5, 0.6) is 0 Å². The van der Waals surface area contributed by atoms with E-state index >= 15 is 0 Å². The number of hydrogen-bond acceptors (Lipinski definition) is 5. The number of tetrazole rings is 1. The van der Waals surface area contributed by atoms with Gasteiger partial charge in [-0.15, -0.1) is 22.6 Å². The lowest BCUT2D eigenvalue weighted by molar-refractivity contribution is -0.125. The van der Waals surface area contributed by atoms with Crippen molar-refractivity contribution in [1.29, 1.82) is 0 Å². The molecule has 7 nitrogen and oxygen atoms in total. The van der Waals surface area contributed by atoms with Crippen molar-refractivity contribution in [2.45, 2.75) is 56.8 Å². The second-order valence-corrected chi connectivity index (χ2v) is 6.79. The third-order valence-corrected chi connectivity index (χ3v) is 5.01. The molecule has 3 unspecified atom stereocenters. The second-order valence-electron chi connectivity index (χ2n) is 6.79. The van der Waals surface area contributed by atoms with Crippen molar-refractivity contribution in [2.75, 3.05) is 0 Å². The molecule has 0 saturated carbocycles. The lowest BCUT2D eigenvalue weighted by atomic mass is 9.99. The maximum atomic E-state index is 12.5. The van der Waals surface area contributed by atoms with Gasteiger partial charge >= 0.3 is 0 Å². The monoisotopic (exact) mass is 362 g/mol. The number of halogens is 1. The first-order valence-corrected chi connectivity index (χ1v) is 8.60. The normalized spacial score (nSPS) is 25.9. The van der Waals surface area contributed by atoms with Gasteiger partial charge < -0.3 is 10.6 Å². The van der Waals surface area contributed by atoms with Crippen molar-refractivity contribution in [1.82, 2.24) is 30.8 Å². The lowest BCUT2D eigenvalue weighted by Gasteiger charge is -2.30. The fraction of sp³-hybridized carbons (Fsp3) is 0.529. The van der Waals surface area contributed by atoms with E-state index in [1.165, 1.54) is 17.6 Å². The van der Waals surface area contributed by atoms with E-state index in [2.05, 4.69) is 26.0 Å². The predicted molar refractivity (Wildman–Crippen MR) is 96.3 cm³/mol. The van der Waals surface area contributed by atoms with E-state index in [-0.39, 0.29) is 24.4 Å². The average Bonchev–Trinajstić information content (AvgIpc) is 3.22. The van der Waals surface area contributed by atoms with Crippen molar-refractivity contribution in [3.63, 3.8) is 0 Å². The van der Waals surface area contributed by atoms with Gasteiger partial charge in [0.05, 0.1) is 0 Å². The third kappa shape index (κ3) is 3.82. The first-order chi connectivity index (χ1) is 11.7. The predicted octanol–water partition coefficient (Wildman–Crippen LogP) is 1.72. The van der Waals surface area contributed by atoms with Gasteiger partial charge in [-0.2, -0.15) is 4.80 Å². The zero-order chi connectivity index (χ0) is 16.5. The van der Waals surface area contributed by atoms with Gasteiger partial charge in [0, 0.05) is 23.7 Å². The van der Waals surface area contributed by atoms with E-state index in [0.717, 1.165) is 18.4 Å². The van der Waals surface area contributed by atoms with Gasteiger partial charge in [0.2, 0.25) is 11.7 Å². The van der Waals surface area contributed by atoms with Crippen LogP contribution in [-0.4, -0.2) is 44.2 Å². The molecule has 134 valence electrons. The molecule has 2 fully saturated rings. The summed E-state index contributed by atoms with van der Waals surface area (Å²) in [4.78, 5) is 13.9. The first-order valence-electron chi connectivity index (χ1n) is 8.60. The summed E-state index contributed by atoms with van der Waals surface area (Å²) in [5.74, 6) is 0.494. The molecule has 1 amide bonds. The van der Waals surface area contributed by atoms with Gasteiger partial charge in [0.15, 0.2) is 0 Å². The summed E-state index contributed by atoms with van der Waals surface area (Å²) in [6, 6.07) is 10.5. The van der Waals surface area contributed by atoms with Crippen LogP contribution in [-0.2, 0) is 4.79 Å². The molecule has 2 aliphatic heterocycles. The number of nitrogens with one attached hydrogen (secondary N) is 2. The molecule has 2 aliphatic rings. The average molecular weight is 363 g/mol.